The highest BCUT2D eigenvalue weighted by atomic mass is 16.5. The van der Waals surface area contributed by atoms with E-state index in [1.54, 1.807) is 24.0 Å². The Morgan fingerprint density at radius 2 is 1.50 bits per heavy atom. The minimum atomic E-state index is -0.618. The lowest BCUT2D eigenvalue weighted by Gasteiger charge is -2.39. The van der Waals surface area contributed by atoms with E-state index in [1.807, 2.05) is 30.0 Å². The van der Waals surface area contributed by atoms with Crippen molar-refractivity contribution in [2.24, 2.45) is 0 Å². The van der Waals surface area contributed by atoms with E-state index in [0.717, 1.165) is 25.9 Å². The van der Waals surface area contributed by atoms with Crippen molar-refractivity contribution >= 4 is 17.7 Å². The number of carbonyl (C=O) groups is 3. The summed E-state index contributed by atoms with van der Waals surface area (Å²) in [6.07, 6.45) is 2.17. The van der Waals surface area contributed by atoms with Crippen LogP contribution in [-0.4, -0.2) is 90.4 Å². The SMILES string of the molecule is C[C@H](NC(=O)COc1ccccc1)C(=O)N1CCN([C@H](C)C(=O)N2CCCC2)CC1. The van der Waals surface area contributed by atoms with Gasteiger partial charge in [-0.3, -0.25) is 19.3 Å². The van der Waals surface area contributed by atoms with Crippen LogP contribution >= 0.6 is 0 Å². The predicted octanol–water partition coefficient (Wildman–Crippen LogP) is 0.725. The number of nitrogens with one attached hydrogen (secondary N) is 1. The maximum Gasteiger partial charge on any atom is 0.258 e. The lowest BCUT2D eigenvalue weighted by Crippen LogP contribution is -2.58. The van der Waals surface area contributed by atoms with Crippen molar-refractivity contribution in [3.8, 4) is 5.75 Å². The minimum absolute atomic E-state index is 0.110. The van der Waals surface area contributed by atoms with Gasteiger partial charge >= 0.3 is 0 Å². The quantitative estimate of drug-likeness (QED) is 0.709. The molecule has 2 aliphatic heterocycles. The average molecular weight is 417 g/mol. The Hall–Kier alpha value is -2.61. The Morgan fingerprint density at radius 3 is 2.13 bits per heavy atom. The molecule has 1 N–H and O–H groups in total. The fraction of sp³-hybridized carbons (Fsp3) is 0.591. The zero-order valence-electron chi connectivity index (χ0n) is 17.9. The molecule has 0 aromatic heterocycles. The highest BCUT2D eigenvalue weighted by molar-refractivity contribution is 5.88. The summed E-state index contributed by atoms with van der Waals surface area (Å²) in [6.45, 7) is 7.64. The smallest absolute Gasteiger partial charge is 0.258 e. The second-order valence-electron chi connectivity index (χ2n) is 7.96. The molecule has 0 aliphatic carbocycles. The topological polar surface area (TPSA) is 82.2 Å². The number of ether oxygens (including phenoxy) is 1. The molecule has 2 atom stereocenters. The molecule has 0 radical (unpaired) electrons. The van der Waals surface area contributed by atoms with Gasteiger partial charge in [0.1, 0.15) is 11.8 Å². The lowest BCUT2D eigenvalue weighted by atomic mass is 10.2. The predicted molar refractivity (Wildman–Crippen MR) is 113 cm³/mol. The fourth-order valence-corrected chi connectivity index (χ4v) is 3.97. The van der Waals surface area contributed by atoms with Gasteiger partial charge in [0.25, 0.3) is 5.91 Å². The summed E-state index contributed by atoms with van der Waals surface area (Å²) in [4.78, 5) is 43.2. The third-order valence-corrected chi connectivity index (χ3v) is 5.81. The molecule has 2 fully saturated rings. The second-order valence-corrected chi connectivity index (χ2v) is 7.96. The third-order valence-electron chi connectivity index (χ3n) is 5.81. The fourth-order valence-electron chi connectivity index (χ4n) is 3.97. The molecular formula is C22H32N4O4. The van der Waals surface area contributed by atoms with Gasteiger partial charge in [-0.15, -0.1) is 0 Å². The van der Waals surface area contributed by atoms with Crippen molar-refractivity contribution in [2.75, 3.05) is 45.9 Å². The number of piperazine rings is 1. The number of benzene rings is 1. The van der Waals surface area contributed by atoms with E-state index >= 15 is 0 Å². The Morgan fingerprint density at radius 1 is 0.900 bits per heavy atom. The van der Waals surface area contributed by atoms with Crippen LogP contribution < -0.4 is 10.1 Å². The van der Waals surface area contributed by atoms with Crippen molar-refractivity contribution in [3.63, 3.8) is 0 Å². The summed E-state index contributed by atoms with van der Waals surface area (Å²) in [7, 11) is 0. The van der Waals surface area contributed by atoms with Crippen molar-refractivity contribution in [1.82, 2.24) is 20.0 Å². The van der Waals surface area contributed by atoms with Gasteiger partial charge in [-0.2, -0.15) is 0 Å². The van der Waals surface area contributed by atoms with Crippen LogP contribution in [0.15, 0.2) is 30.3 Å². The molecule has 3 rings (SSSR count). The van der Waals surface area contributed by atoms with Crippen LogP contribution in [0.3, 0.4) is 0 Å². The molecule has 30 heavy (non-hydrogen) atoms. The monoisotopic (exact) mass is 416 g/mol. The van der Waals surface area contributed by atoms with Crippen LogP contribution in [0, 0.1) is 0 Å². The molecule has 2 aliphatic rings. The number of hydrogen-bond donors (Lipinski definition) is 1. The van der Waals surface area contributed by atoms with Gasteiger partial charge in [-0.1, -0.05) is 18.2 Å². The molecule has 1 aromatic carbocycles. The molecule has 0 saturated carbocycles. The van der Waals surface area contributed by atoms with Gasteiger partial charge in [-0.05, 0) is 38.8 Å². The van der Waals surface area contributed by atoms with Crippen molar-refractivity contribution in [2.45, 2.75) is 38.8 Å². The van der Waals surface area contributed by atoms with Gasteiger partial charge in [0, 0.05) is 39.3 Å². The van der Waals surface area contributed by atoms with Gasteiger partial charge in [0.2, 0.25) is 11.8 Å². The largest absolute Gasteiger partial charge is 0.484 e. The van der Waals surface area contributed by atoms with Crippen LogP contribution in [0.1, 0.15) is 26.7 Å². The third kappa shape index (κ3) is 5.72. The number of likely N-dealkylation sites (tertiary alicyclic amines) is 1. The van der Waals surface area contributed by atoms with Crippen LogP contribution in [-0.2, 0) is 14.4 Å². The first kappa shape index (κ1) is 22.1. The first-order valence-corrected chi connectivity index (χ1v) is 10.7. The van der Waals surface area contributed by atoms with Crippen LogP contribution in [0.2, 0.25) is 0 Å². The molecule has 8 heteroatoms. The minimum Gasteiger partial charge on any atom is -0.484 e. The van der Waals surface area contributed by atoms with Crippen molar-refractivity contribution in [3.05, 3.63) is 30.3 Å². The maximum absolute atomic E-state index is 12.7. The maximum atomic E-state index is 12.7. The first-order valence-electron chi connectivity index (χ1n) is 10.7. The van der Waals surface area contributed by atoms with E-state index < -0.39 is 6.04 Å². The van der Waals surface area contributed by atoms with E-state index in [-0.39, 0.29) is 30.4 Å². The number of carbonyl (C=O) groups excluding carboxylic acids is 3. The molecular weight excluding hydrogens is 384 g/mol. The number of rotatable bonds is 7. The van der Waals surface area contributed by atoms with Gasteiger partial charge in [-0.25, -0.2) is 0 Å². The van der Waals surface area contributed by atoms with Gasteiger partial charge < -0.3 is 19.9 Å². The summed E-state index contributed by atoms with van der Waals surface area (Å²) in [5.41, 5.74) is 0. The summed E-state index contributed by atoms with van der Waals surface area (Å²) < 4.78 is 5.42. The summed E-state index contributed by atoms with van der Waals surface area (Å²) >= 11 is 0. The number of hydrogen-bond acceptors (Lipinski definition) is 5. The molecule has 1 aromatic rings. The summed E-state index contributed by atoms with van der Waals surface area (Å²) in [6, 6.07) is 8.31. The summed E-state index contributed by atoms with van der Waals surface area (Å²) in [5.74, 6) is 0.357. The van der Waals surface area contributed by atoms with E-state index in [1.165, 1.54) is 0 Å². The van der Waals surface area contributed by atoms with Gasteiger partial charge in [0.05, 0.1) is 6.04 Å². The van der Waals surface area contributed by atoms with E-state index in [2.05, 4.69) is 10.2 Å². The lowest BCUT2D eigenvalue weighted by molar-refractivity contribution is -0.140. The van der Waals surface area contributed by atoms with Crippen LogP contribution in [0.4, 0.5) is 0 Å². The second kappa shape index (κ2) is 10.4. The summed E-state index contributed by atoms with van der Waals surface area (Å²) in [5, 5.41) is 2.71. The highest BCUT2D eigenvalue weighted by Crippen LogP contribution is 2.14. The number of nitrogens with zero attached hydrogens (tertiary/aromatic N) is 3. The standard InChI is InChI=1S/C22H32N4O4/c1-17(23-20(27)16-30-19-8-4-3-5-9-19)21(28)26-14-12-24(13-15-26)18(2)22(29)25-10-6-7-11-25/h3-5,8-9,17-18H,6-7,10-16H2,1-2H3,(H,23,27)/t17-,18+/m0/s1. The molecule has 8 nitrogen and oxygen atoms in total. The van der Waals surface area contributed by atoms with E-state index in [4.69, 9.17) is 4.74 Å². The Bertz CT molecular complexity index is 728. The first-order chi connectivity index (χ1) is 14.5. The molecule has 2 heterocycles. The zero-order chi connectivity index (χ0) is 21.5. The number of amides is 3. The van der Waals surface area contributed by atoms with Gasteiger partial charge in [0.15, 0.2) is 6.61 Å². The van der Waals surface area contributed by atoms with Crippen LogP contribution in [0.5, 0.6) is 5.75 Å². The van der Waals surface area contributed by atoms with Crippen molar-refractivity contribution < 1.29 is 19.1 Å². The Kier molecular flexibility index (Phi) is 7.68. The molecule has 164 valence electrons. The average Bonchev–Trinajstić information content (AvgIpc) is 3.32. The zero-order valence-corrected chi connectivity index (χ0v) is 17.9. The molecule has 0 unspecified atom stereocenters. The Balaban J connectivity index is 1.40. The van der Waals surface area contributed by atoms with E-state index in [0.29, 0.717) is 31.9 Å². The molecule has 0 spiro atoms. The highest BCUT2D eigenvalue weighted by Gasteiger charge is 2.32. The van der Waals surface area contributed by atoms with Crippen molar-refractivity contribution in [1.29, 1.82) is 0 Å². The molecule has 2 saturated heterocycles. The number of para-hydroxylation sites is 1. The molecule has 3 amide bonds. The Labute approximate surface area is 178 Å². The van der Waals surface area contributed by atoms with E-state index in [9.17, 15) is 14.4 Å². The van der Waals surface area contributed by atoms with Crippen LogP contribution in [0.25, 0.3) is 0 Å². The normalized spacial score (nSPS) is 19.3. The molecule has 0 bridgehead atoms.